The van der Waals surface area contributed by atoms with Crippen molar-refractivity contribution in [2.24, 2.45) is 5.92 Å². The van der Waals surface area contributed by atoms with Gasteiger partial charge in [-0.15, -0.1) is 11.3 Å². The van der Waals surface area contributed by atoms with Gasteiger partial charge in [-0.05, 0) is 31.2 Å². The highest BCUT2D eigenvalue weighted by Crippen LogP contribution is 2.40. The number of ether oxygens (including phenoxy) is 2. The molecule has 4 rings (SSSR count). The number of fused-ring (bicyclic) bond motifs is 4. The van der Waals surface area contributed by atoms with Crippen LogP contribution in [0.4, 0.5) is 0 Å². The van der Waals surface area contributed by atoms with Gasteiger partial charge < -0.3 is 9.47 Å². The quantitative estimate of drug-likeness (QED) is 0.591. The second-order valence-electron chi connectivity index (χ2n) is 6.80. The number of carbonyl (C=O) groups is 2. The molecule has 1 aliphatic heterocycles. The van der Waals surface area contributed by atoms with Crippen LogP contribution in [0.25, 0.3) is 16.0 Å². The Morgan fingerprint density at radius 3 is 2.78 bits per heavy atom. The number of thiophene rings is 1. The van der Waals surface area contributed by atoms with Gasteiger partial charge in [-0.2, -0.15) is 0 Å². The van der Waals surface area contributed by atoms with E-state index in [1.807, 2.05) is 0 Å². The van der Waals surface area contributed by atoms with E-state index in [0.717, 1.165) is 16.7 Å². The molecule has 0 fully saturated rings. The monoisotopic (exact) mass is 388 g/mol. The number of esters is 1. The predicted octanol–water partition coefficient (Wildman–Crippen LogP) is 2.09. The Bertz CT molecular complexity index is 1030. The van der Waals surface area contributed by atoms with Crippen LogP contribution >= 0.6 is 11.3 Å². The minimum atomic E-state index is -0.230. The molecule has 27 heavy (non-hydrogen) atoms. The summed E-state index contributed by atoms with van der Waals surface area (Å²) in [4.78, 5) is 42.7. The van der Waals surface area contributed by atoms with Gasteiger partial charge in [0.15, 0.2) is 0 Å². The maximum atomic E-state index is 13.2. The molecule has 0 saturated heterocycles. The van der Waals surface area contributed by atoms with Gasteiger partial charge in [0.1, 0.15) is 22.7 Å². The van der Waals surface area contributed by atoms with E-state index < -0.39 is 0 Å². The first-order valence-corrected chi connectivity index (χ1v) is 9.76. The fourth-order valence-electron chi connectivity index (χ4n) is 4.01. The summed E-state index contributed by atoms with van der Waals surface area (Å²) >= 11 is 1.40. The summed E-state index contributed by atoms with van der Waals surface area (Å²) in [7, 11) is 2.93. The van der Waals surface area contributed by atoms with Gasteiger partial charge in [0.25, 0.3) is 5.56 Å². The SMILES string of the molecule is COC(=O)C1CCc2nc3sc4c(c3c(=O)n2CC1)CCC(C=O)=C4OC. The third-order valence-electron chi connectivity index (χ3n) is 5.43. The zero-order chi connectivity index (χ0) is 19.1. The van der Waals surface area contributed by atoms with Gasteiger partial charge in [0.05, 0.1) is 30.4 Å². The van der Waals surface area contributed by atoms with Crippen molar-refractivity contribution < 1.29 is 19.1 Å². The molecule has 0 N–H and O–H groups in total. The van der Waals surface area contributed by atoms with Crippen molar-refractivity contribution in [3.05, 3.63) is 32.2 Å². The first-order valence-electron chi connectivity index (χ1n) is 8.94. The Balaban J connectivity index is 1.84. The molecule has 0 radical (unpaired) electrons. The third-order valence-corrected chi connectivity index (χ3v) is 6.56. The summed E-state index contributed by atoms with van der Waals surface area (Å²) in [6.45, 7) is 0.452. The number of hydrogen-bond acceptors (Lipinski definition) is 7. The summed E-state index contributed by atoms with van der Waals surface area (Å²) in [5.74, 6) is 0.822. The Labute approximate surface area is 159 Å². The molecule has 0 bridgehead atoms. The highest BCUT2D eigenvalue weighted by Gasteiger charge is 2.29. The van der Waals surface area contributed by atoms with E-state index in [0.29, 0.717) is 66.0 Å². The normalized spacial score (nSPS) is 19.3. The van der Waals surface area contributed by atoms with Crippen molar-refractivity contribution in [2.75, 3.05) is 14.2 Å². The lowest BCUT2D eigenvalue weighted by molar-refractivity contribution is -0.145. The molecule has 1 atom stereocenters. The molecule has 2 aliphatic rings. The van der Waals surface area contributed by atoms with E-state index in [1.54, 1.807) is 11.7 Å². The van der Waals surface area contributed by atoms with Crippen molar-refractivity contribution in [2.45, 2.75) is 38.6 Å². The van der Waals surface area contributed by atoms with Crippen LogP contribution in [0.3, 0.4) is 0 Å². The fourth-order valence-corrected chi connectivity index (χ4v) is 5.31. The van der Waals surface area contributed by atoms with Crippen LogP contribution in [0.5, 0.6) is 0 Å². The van der Waals surface area contributed by atoms with Crippen molar-refractivity contribution in [3.8, 4) is 0 Å². The molecule has 0 aromatic carbocycles. The van der Waals surface area contributed by atoms with Crippen LogP contribution in [-0.4, -0.2) is 36.0 Å². The second kappa shape index (κ2) is 6.92. The van der Waals surface area contributed by atoms with Crippen molar-refractivity contribution in [1.82, 2.24) is 9.55 Å². The first-order chi connectivity index (χ1) is 13.1. The summed E-state index contributed by atoms with van der Waals surface area (Å²) < 4.78 is 12.0. The number of allylic oxidation sites excluding steroid dienone is 1. The number of aryl methyl sites for hydroxylation is 2. The molecular weight excluding hydrogens is 368 g/mol. The topological polar surface area (TPSA) is 87.5 Å². The van der Waals surface area contributed by atoms with Crippen LogP contribution in [-0.2, 0) is 38.4 Å². The van der Waals surface area contributed by atoms with Crippen LogP contribution in [0.1, 0.15) is 35.5 Å². The highest BCUT2D eigenvalue weighted by atomic mass is 32.1. The van der Waals surface area contributed by atoms with Gasteiger partial charge in [-0.3, -0.25) is 19.0 Å². The third kappa shape index (κ3) is 2.79. The van der Waals surface area contributed by atoms with E-state index in [1.165, 1.54) is 18.4 Å². The summed E-state index contributed by atoms with van der Waals surface area (Å²) in [6.07, 6.45) is 3.74. The number of methoxy groups -OCH3 is 2. The predicted molar refractivity (Wildman–Crippen MR) is 101 cm³/mol. The number of hydrogen-bond donors (Lipinski definition) is 0. The van der Waals surface area contributed by atoms with Gasteiger partial charge in [0, 0.05) is 18.5 Å². The Morgan fingerprint density at radius 1 is 1.26 bits per heavy atom. The Hall–Kier alpha value is -2.48. The minimum Gasteiger partial charge on any atom is -0.495 e. The first kappa shape index (κ1) is 17.9. The van der Waals surface area contributed by atoms with E-state index in [-0.39, 0.29) is 17.4 Å². The molecule has 0 spiro atoms. The smallest absolute Gasteiger partial charge is 0.308 e. The molecule has 0 saturated carbocycles. The molecule has 8 heteroatoms. The molecule has 142 valence electrons. The Morgan fingerprint density at radius 2 is 2.07 bits per heavy atom. The number of rotatable bonds is 3. The van der Waals surface area contributed by atoms with E-state index >= 15 is 0 Å². The van der Waals surface area contributed by atoms with E-state index in [9.17, 15) is 14.4 Å². The standard InChI is InChI=1S/C19H20N2O5S/c1-25-15-11(9-22)3-5-12-14-17(27-16(12)15)20-13-6-4-10(19(24)26-2)7-8-21(13)18(14)23/h9-10H,3-8H2,1-2H3. The molecule has 1 unspecified atom stereocenters. The van der Waals surface area contributed by atoms with Crippen LogP contribution < -0.4 is 5.56 Å². The number of nitrogens with zero attached hydrogens (tertiary/aromatic N) is 2. The highest BCUT2D eigenvalue weighted by molar-refractivity contribution is 7.19. The average Bonchev–Trinajstić information content (AvgIpc) is 2.92. The molecular formula is C19H20N2O5S. The molecule has 2 aromatic rings. The zero-order valence-corrected chi connectivity index (χ0v) is 16.1. The number of aldehydes is 1. The van der Waals surface area contributed by atoms with Crippen molar-refractivity contribution >= 4 is 39.6 Å². The van der Waals surface area contributed by atoms with Crippen LogP contribution in [0.2, 0.25) is 0 Å². The zero-order valence-electron chi connectivity index (χ0n) is 15.2. The maximum absolute atomic E-state index is 13.2. The maximum Gasteiger partial charge on any atom is 0.308 e. The van der Waals surface area contributed by atoms with Crippen molar-refractivity contribution in [1.29, 1.82) is 0 Å². The number of aromatic nitrogens is 2. The number of carbonyl (C=O) groups excluding carboxylic acids is 2. The molecule has 7 nitrogen and oxygen atoms in total. The van der Waals surface area contributed by atoms with Crippen LogP contribution in [0, 0.1) is 5.92 Å². The molecule has 0 amide bonds. The Kier molecular flexibility index (Phi) is 4.59. The summed E-state index contributed by atoms with van der Waals surface area (Å²) in [6, 6.07) is 0. The lowest BCUT2D eigenvalue weighted by Gasteiger charge is -2.16. The lowest BCUT2D eigenvalue weighted by atomic mass is 9.95. The van der Waals surface area contributed by atoms with Crippen molar-refractivity contribution in [3.63, 3.8) is 0 Å². The lowest BCUT2D eigenvalue weighted by Crippen LogP contribution is -2.25. The minimum absolute atomic E-state index is 0.0666. The second-order valence-corrected chi connectivity index (χ2v) is 7.80. The van der Waals surface area contributed by atoms with Gasteiger partial charge in [-0.1, -0.05) is 0 Å². The van der Waals surface area contributed by atoms with E-state index in [2.05, 4.69) is 0 Å². The summed E-state index contributed by atoms with van der Waals surface area (Å²) in [5.41, 5.74) is 1.47. The van der Waals surface area contributed by atoms with E-state index in [4.69, 9.17) is 14.5 Å². The average molecular weight is 388 g/mol. The molecule has 2 aromatic heterocycles. The van der Waals surface area contributed by atoms with Gasteiger partial charge >= 0.3 is 5.97 Å². The molecule has 1 aliphatic carbocycles. The van der Waals surface area contributed by atoms with Crippen LogP contribution in [0.15, 0.2) is 10.4 Å². The van der Waals surface area contributed by atoms with Gasteiger partial charge in [-0.25, -0.2) is 4.98 Å². The largest absolute Gasteiger partial charge is 0.495 e. The fraction of sp³-hybridized carbons (Fsp3) is 0.474. The van der Waals surface area contributed by atoms with Gasteiger partial charge in [0.2, 0.25) is 0 Å². The molecule has 3 heterocycles. The summed E-state index contributed by atoms with van der Waals surface area (Å²) in [5, 5.41) is 0.620.